The van der Waals surface area contributed by atoms with Gasteiger partial charge in [0.1, 0.15) is 6.54 Å². The zero-order valence-electron chi connectivity index (χ0n) is 25.6. The lowest BCUT2D eigenvalue weighted by atomic mass is 10.0. The summed E-state index contributed by atoms with van der Waals surface area (Å²) in [7, 11) is 1.71. The molecule has 0 aromatic heterocycles. The Hall–Kier alpha value is -1.06. The quantitative estimate of drug-likeness (QED) is 0.0757. The second kappa shape index (κ2) is 28.0. The van der Waals surface area contributed by atoms with Crippen LogP contribution in [0.2, 0.25) is 0 Å². The Bertz CT molecular complexity index is 506. The largest absolute Gasteiger partial charge is 0.464 e. The van der Waals surface area contributed by atoms with Crippen molar-refractivity contribution in [2.24, 2.45) is 5.92 Å². The summed E-state index contributed by atoms with van der Waals surface area (Å²) < 4.78 is 5.35. The molecule has 0 bridgehead atoms. The second-order valence-corrected chi connectivity index (χ2v) is 11.8. The fourth-order valence-corrected chi connectivity index (χ4v) is 4.89. The van der Waals surface area contributed by atoms with Crippen LogP contribution in [-0.4, -0.2) is 37.0 Å². The number of carbonyl (C=O) groups is 2. The predicted octanol–water partition coefficient (Wildman–Crippen LogP) is 10.0. The van der Waals surface area contributed by atoms with Crippen molar-refractivity contribution < 1.29 is 14.3 Å². The molecule has 0 fully saturated rings. The van der Waals surface area contributed by atoms with Crippen LogP contribution in [0, 0.1) is 5.92 Å². The molecule has 0 spiro atoms. The van der Waals surface area contributed by atoms with Gasteiger partial charge in [0, 0.05) is 13.5 Å². The van der Waals surface area contributed by atoms with Crippen molar-refractivity contribution in [2.75, 3.05) is 20.2 Å². The Morgan fingerprint density at radius 3 is 1.46 bits per heavy atom. The van der Waals surface area contributed by atoms with Crippen LogP contribution in [0.15, 0.2) is 0 Å². The van der Waals surface area contributed by atoms with Crippen LogP contribution in [0.1, 0.15) is 175 Å². The first kappa shape index (κ1) is 35.9. The minimum Gasteiger partial charge on any atom is -0.464 e. The molecule has 1 amide bonds. The van der Waals surface area contributed by atoms with Gasteiger partial charge in [0.25, 0.3) is 0 Å². The topological polar surface area (TPSA) is 46.6 Å². The molecule has 0 N–H and O–H groups in total. The summed E-state index contributed by atoms with van der Waals surface area (Å²) in [6.07, 6.45) is 30.2. The third-order valence-electron chi connectivity index (χ3n) is 7.48. The summed E-state index contributed by atoms with van der Waals surface area (Å²) >= 11 is 0. The predicted molar refractivity (Wildman–Crippen MR) is 160 cm³/mol. The maximum atomic E-state index is 12.2. The normalized spacial score (nSPS) is 11.3. The SMILES string of the molecule is CCCCCCCCCCCC(=O)N(C)CC(=O)OCCCCCCCCCCCCCCCC(C)C. The average Bonchev–Trinajstić information content (AvgIpc) is 2.87. The van der Waals surface area contributed by atoms with Gasteiger partial charge in [-0.05, 0) is 18.8 Å². The number of nitrogens with zero attached hydrogens (tertiary/aromatic N) is 1. The molecule has 0 aromatic rings. The van der Waals surface area contributed by atoms with Crippen LogP contribution in [0.3, 0.4) is 0 Å². The summed E-state index contributed by atoms with van der Waals surface area (Å²) in [6, 6.07) is 0. The average molecular weight is 524 g/mol. The molecule has 0 aliphatic rings. The number of likely N-dealkylation sites (N-methyl/N-ethyl adjacent to an activating group) is 1. The van der Waals surface area contributed by atoms with Gasteiger partial charge in [-0.25, -0.2) is 0 Å². The number of hydrogen-bond donors (Lipinski definition) is 0. The van der Waals surface area contributed by atoms with E-state index < -0.39 is 0 Å². The van der Waals surface area contributed by atoms with Gasteiger partial charge in [-0.3, -0.25) is 9.59 Å². The minimum absolute atomic E-state index is 0.0570. The maximum absolute atomic E-state index is 12.2. The van der Waals surface area contributed by atoms with E-state index in [1.54, 1.807) is 7.05 Å². The van der Waals surface area contributed by atoms with Crippen molar-refractivity contribution in [1.29, 1.82) is 0 Å². The summed E-state index contributed by atoms with van der Waals surface area (Å²) in [5.41, 5.74) is 0. The van der Waals surface area contributed by atoms with E-state index in [2.05, 4.69) is 20.8 Å². The Balaban J connectivity index is 3.40. The number of hydrogen-bond acceptors (Lipinski definition) is 3. The Morgan fingerprint density at radius 1 is 0.595 bits per heavy atom. The first-order valence-corrected chi connectivity index (χ1v) is 16.4. The molecular formula is C33H65NO3. The van der Waals surface area contributed by atoms with E-state index >= 15 is 0 Å². The monoisotopic (exact) mass is 523 g/mol. The third kappa shape index (κ3) is 27.8. The molecule has 0 heterocycles. The molecule has 0 saturated carbocycles. The molecule has 220 valence electrons. The van der Waals surface area contributed by atoms with Crippen LogP contribution in [0.5, 0.6) is 0 Å². The number of ether oxygens (including phenoxy) is 1. The Labute approximate surface area is 232 Å². The fraction of sp³-hybridized carbons (Fsp3) is 0.939. The second-order valence-electron chi connectivity index (χ2n) is 11.8. The minimum atomic E-state index is -0.275. The molecule has 0 unspecified atom stereocenters. The van der Waals surface area contributed by atoms with Crippen LogP contribution in [-0.2, 0) is 14.3 Å². The zero-order chi connectivity index (χ0) is 27.4. The summed E-state index contributed by atoms with van der Waals surface area (Å²) in [6.45, 7) is 7.44. The van der Waals surface area contributed by atoms with Gasteiger partial charge in [0.2, 0.25) is 5.91 Å². The Morgan fingerprint density at radius 2 is 1.00 bits per heavy atom. The zero-order valence-corrected chi connectivity index (χ0v) is 25.6. The highest BCUT2D eigenvalue weighted by atomic mass is 16.5. The van der Waals surface area contributed by atoms with Crippen molar-refractivity contribution in [2.45, 2.75) is 175 Å². The first-order valence-electron chi connectivity index (χ1n) is 16.4. The molecule has 0 aromatic carbocycles. The molecule has 0 saturated heterocycles. The van der Waals surface area contributed by atoms with Gasteiger partial charge >= 0.3 is 5.97 Å². The van der Waals surface area contributed by atoms with E-state index in [0.29, 0.717) is 13.0 Å². The molecule has 0 atom stereocenters. The van der Waals surface area contributed by atoms with Crippen LogP contribution in [0.4, 0.5) is 0 Å². The molecule has 0 rings (SSSR count). The standard InChI is InChI=1S/C33H65NO3/c1-5-6-7-8-9-15-19-22-25-28-32(35)34(4)30-33(36)37-29-26-23-20-17-14-12-10-11-13-16-18-21-24-27-31(2)3/h31H,5-30H2,1-4H3. The lowest BCUT2D eigenvalue weighted by Gasteiger charge is -2.16. The maximum Gasteiger partial charge on any atom is 0.325 e. The highest BCUT2D eigenvalue weighted by Gasteiger charge is 2.13. The summed E-state index contributed by atoms with van der Waals surface area (Å²) in [5, 5.41) is 0. The molecule has 0 aliphatic carbocycles. The highest BCUT2D eigenvalue weighted by molar-refractivity contribution is 5.81. The third-order valence-corrected chi connectivity index (χ3v) is 7.48. The number of esters is 1. The van der Waals surface area contributed by atoms with Gasteiger partial charge < -0.3 is 9.64 Å². The van der Waals surface area contributed by atoms with Gasteiger partial charge in [0.15, 0.2) is 0 Å². The lowest BCUT2D eigenvalue weighted by molar-refractivity contribution is -0.148. The summed E-state index contributed by atoms with van der Waals surface area (Å²) in [4.78, 5) is 25.8. The van der Waals surface area contributed by atoms with E-state index in [1.807, 2.05) is 0 Å². The van der Waals surface area contributed by atoms with Gasteiger partial charge in [-0.1, -0.05) is 156 Å². The van der Waals surface area contributed by atoms with Gasteiger partial charge in [-0.2, -0.15) is 0 Å². The lowest BCUT2D eigenvalue weighted by Crippen LogP contribution is -2.33. The number of rotatable bonds is 28. The van der Waals surface area contributed by atoms with Crippen molar-refractivity contribution in [1.82, 2.24) is 4.90 Å². The molecule has 4 nitrogen and oxygen atoms in total. The van der Waals surface area contributed by atoms with Gasteiger partial charge in [0.05, 0.1) is 6.61 Å². The fourth-order valence-electron chi connectivity index (χ4n) is 4.89. The Kier molecular flexibility index (Phi) is 27.2. The van der Waals surface area contributed by atoms with Crippen LogP contribution in [0.25, 0.3) is 0 Å². The number of amides is 1. The molecule has 37 heavy (non-hydrogen) atoms. The molecule has 0 radical (unpaired) electrons. The van der Waals surface area contributed by atoms with Crippen molar-refractivity contribution in [3.05, 3.63) is 0 Å². The highest BCUT2D eigenvalue weighted by Crippen LogP contribution is 2.15. The van der Waals surface area contributed by atoms with Gasteiger partial charge in [-0.15, -0.1) is 0 Å². The smallest absolute Gasteiger partial charge is 0.325 e. The number of carbonyl (C=O) groups excluding carboxylic acids is 2. The van der Waals surface area contributed by atoms with Crippen LogP contribution < -0.4 is 0 Å². The molecule has 4 heteroatoms. The summed E-state index contributed by atoms with van der Waals surface area (Å²) in [5.74, 6) is 0.641. The van der Waals surface area contributed by atoms with E-state index in [9.17, 15) is 9.59 Å². The van der Waals surface area contributed by atoms with E-state index in [0.717, 1.165) is 31.6 Å². The van der Waals surface area contributed by atoms with E-state index in [4.69, 9.17) is 4.74 Å². The number of unbranched alkanes of at least 4 members (excludes halogenated alkanes) is 20. The van der Waals surface area contributed by atoms with Crippen molar-refractivity contribution in [3.8, 4) is 0 Å². The van der Waals surface area contributed by atoms with Crippen molar-refractivity contribution in [3.63, 3.8) is 0 Å². The van der Waals surface area contributed by atoms with Crippen molar-refractivity contribution >= 4 is 11.9 Å². The van der Waals surface area contributed by atoms with Crippen LogP contribution >= 0.6 is 0 Å². The molecule has 0 aliphatic heterocycles. The van der Waals surface area contributed by atoms with E-state index in [1.165, 1.54) is 127 Å². The first-order chi connectivity index (χ1) is 18.0. The molecular weight excluding hydrogens is 458 g/mol. The van der Waals surface area contributed by atoms with E-state index in [-0.39, 0.29) is 18.4 Å².